The lowest BCUT2D eigenvalue weighted by molar-refractivity contribution is -0.0217. The number of anilines is 1. The number of aromatic nitrogens is 5. The third kappa shape index (κ3) is 3.87. The van der Waals surface area contributed by atoms with Crippen molar-refractivity contribution in [2.75, 3.05) is 5.73 Å². The summed E-state index contributed by atoms with van der Waals surface area (Å²) in [6, 6.07) is 11.4. The molecule has 0 fully saturated rings. The number of hydrogen-bond acceptors (Lipinski definition) is 4. The molecule has 0 spiro atoms. The van der Waals surface area contributed by atoms with Crippen LogP contribution in [0.15, 0.2) is 73.2 Å². The Morgan fingerprint density at radius 1 is 0.971 bits per heavy atom. The van der Waals surface area contributed by atoms with E-state index in [1.54, 1.807) is 36.5 Å². The number of benzene rings is 2. The highest BCUT2D eigenvalue weighted by Crippen LogP contribution is 2.36. The summed E-state index contributed by atoms with van der Waals surface area (Å²) >= 11 is 0. The van der Waals surface area contributed by atoms with Crippen molar-refractivity contribution in [1.82, 2.24) is 24.4 Å². The number of nitrogen functional groups attached to an aromatic ring is 1. The van der Waals surface area contributed by atoms with Crippen molar-refractivity contribution < 1.29 is 17.6 Å². The molecule has 0 aliphatic rings. The molecule has 6 nitrogen and oxygen atoms in total. The van der Waals surface area contributed by atoms with Crippen LogP contribution in [0.3, 0.4) is 0 Å². The summed E-state index contributed by atoms with van der Waals surface area (Å²) < 4.78 is 60.5. The first-order chi connectivity index (χ1) is 16.2. The Hall–Kier alpha value is -4.21. The first kappa shape index (κ1) is 21.6. The van der Waals surface area contributed by atoms with Gasteiger partial charge in [-0.3, -0.25) is 4.68 Å². The van der Waals surface area contributed by atoms with Gasteiger partial charge >= 0.3 is 0 Å². The second-order valence-electron chi connectivity index (χ2n) is 7.97. The van der Waals surface area contributed by atoms with Crippen molar-refractivity contribution in [3.8, 4) is 22.3 Å². The summed E-state index contributed by atoms with van der Waals surface area (Å²) in [6.07, 6.45) is 4.30. The molecule has 0 aliphatic carbocycles. The first-order valence-corrected chi connectivity index (χ1v) is 10.3. The molecule has 0 bridgehead atoms. The number of alkyl halides is 2. The van der Waals surface area contributed by atoms with Crippen molar-refractivity contribution in [2.24, 2.45) is 0 Å². The summed E-state index contributed by atoms with van der Waals surface area (Å²) in [4.78, 5) is 4.09. The number of halogens is 4. The van der Waals surface area contributed by atoms with Gasteiger partial charge in [0.1, 0.15) is 17.7 Å². The van der Waals surface area contributed by atoms with Gasteiger partial charge in [-0.2, -0.15) is 10.1 Å². The predicted molar refractivity (Wildman–Crippen MR) is 119 cm³/mol. The maximum Gasteiger partial charge on any atom is 0.271 e. The van der Waals surface area contributed by atoms with Gasteiger partial charge in [-0.1, -0.05) is 30.3 Å². The molecule has 34 heavy (non-hydrogen) atoms. The Labute approximate surface area is 191 Å². The van der Waals surface area contributed by atoms with Gasteiger partial charge in [0.2, 0.25) is 5.95 Å². The van der Waals surface area contributed by atoms with Crippen molar-refractivity contribution in [1.29, 1.82) is 0 Å². The third-order valence-electron chi connectivity index (χ3n) is 5.51. The number of rotatable bonds is 5. The molecule has 3 aromatic heterocycles. The minimum atomic E-state index is -3.21. The number of nitrogens with zero attached hydrogens (tertiary/aromatic N) is 5. The van der Waals surface area contributed by atoms with E-state index in [4.69, 9.17) is 5.73 Å². The van der Waals surface area contributed by atoms with E-state index in [1.807, 2.05) is 0 Å². The van der Waals surface area contributed by atoms with Gasteiger partial charge in [0, 0.05) is 36.0 Å². The second-order valence-corrected chi connectivity index (χ2v) is 7.97. The molecule has 0 amide bonds. The minimum absolute atomic E-state index is 0.0993. The fourth-order valence-corrected chi connectivity index (χ4v) is 3.99. The van der Waals surface area contributed by atoms with Crippen LogP contribution in [0.2, 0.25) is 0 Å². The molecular formula is C24H18F4N6. The zero-order valence-corrected chi connectivity index (χ0v) is 17.8. The summed E-state index contributed by atoms with van der Waals surface area (Å²) in [7, 11) is 0. The molecule has 0 aliphatic heterocycles. The van der Waals surface area contributed by atoms with E-state index in [0.717, 1.165) is 23.7 Å². The second kappa shape index (κ2) is 7.98. The van der Waals surface area contributed by atoms with Crippen LogP contribution in [0.4, 0.5) is 23.5 Å². The smallest absolute Gasteiger partial charge is 0.271 e. The normalized spacial score (nSPS) is 12.9. The van der Waals surface area contributed by atoms with Crippen LogP contribution < -0.4 is 5.73 Å². The highest BCUT2D eigenvalue weighted by Gasteiger charge is 2.37. The molecule has 0 saturated heterocycles. The van der Waals surface area contributed by atoms with Gasteiger partial charge in [-0.05, 0) is 35.4 Å². The number of nitrogens with two attached hydrogens (primary N) is 1. The topological polar surface area (TPSA) is 74.0 Å². The molecule has 0 unspecified atom stereocenters. The van der Waals surface area contributed by atoms with Crippen molar-refractivity contribution in [3.63, 3.8) is 0 Å². The van der Waals surface area contributed by atoms with E-state index in [1.165, 1.54) is 29.0 Å². The monoisotopic (exact) mass is 466 g/mol. The van der Waals surface area contributed by atoms with E-state index in [2.05, 4.69) is 15.2 Å². The van der Waals surface area contributed by atoms with Gasteiger partial charge in [0.05, 0.1) is 6.20 Å². The van der Waals surface area contributed by atoms with Gasteiger partial charge in [-0.25, -0.2) is 22.1 Å². The largest absolute Gasteiger partial charge is 0.366 e. The Bertz CT molecular complexity index is 1480. The molecule has 5 rings (SSSR count). The molecule has 10 heteroatoms. The highest BCUT2D eigenvalue weighted by molar-refractivity contribution is 5.75. The Morgan fingerprint density at radius 2 is 1.68 bits per heavy atom. The predicted octanol–water partition coefficient (Wildman–Crippen LogP) is 5.36. The summed E-state index contributed by atoms with van der Waals surface area (Å²) in [6.45, 7) is 0.761. The molecule has 5 aromatic rings. The average molecular weight is 466 g/mol. The lowest BCUT2D eigenvalue weighted by Crippen LogP contribution is -2.29. The number of pyridine rings is 1. The molecular weight excluding hydrogens is 448 g/mol. The Morgan fingerprint density at radius 3 is 2.38 bits per heavy atom. The van der Waals surface area contributed by atoms with E-state index >= 15 is 4.39 Å². The van der Waals surface area contributed by atoms with Crippen LogP contribution >= 0.6 is 0 Å². The molecule has 3 heterocycles. The van der Waals surface area contributed by atoms with Crippen molar-refractivity contribution >= 4 is 11.6 Å². The van der Waals surface area contributed by atoms with Crippen LogP contribution in [0, 0.1) is 11.6 Å². The molecule has 1 atom stereocenters. The molecule has 2 aromatic carbocycles. The van der Waals surface area contributed by atoms with Crippen molar-refractivity contribution in [2.45, 2.75) is 18.9 Å². The maximum absolute atomic E-state index is 15.6. The van der Waals surface area contributed by atoms with Crippen LogP contribution in [-0.2, 0) is 0 Å². The van der Waals surface area contributed by atoms with Gasteiger partial charge in [0.15, 0.2) is 5.65 Å². The third-order valence-corrected chi connectivity index (χ3v) is 5.51. The summed E-state index contributed by atoms with van der Waals surface area (Å²) in [5, 5.41) is 8.09. The van der Waals surface area contributed by atoms with Gasteiger partial charge in [-0.15, -0.1) is 5.10 Å². The zero-order valence-electron chi connectivity index (χ0n) is 17.8. The molecule has 0 saturated carbocycles. The van der Waals surface area contributed by atoms with Crippen LogP contribution in [0.1, 0.15) is 18.5 Å². The van der Waals surface area contributed by atoms with E-state index in [0.29, 0.717) is 22.3 Å². The number of hydrogen-bond donors (Lipinski definition) is 1. The first-order valence-electron chi connectivity index (χ1n) is 10.3. The fraction of sp³-hybridized carbons (Fsp3) is 0.125. The SMILES string of the molecule is CC(F)(F)[C@@H](c1ccc(F)cc1)n1cc(-c2cccc(-c3ccn4nc(N)nc4c3)c2F)cn1. The lowest BCUT2D eigenvalue weighted by Gasteiger charge is -2.24. The van der Waals surface area contributed by atoms with Crippen molar-refractivity contribution in [3.05, 3.63) is 90.4 Å². The highest BCUT2D eigenvalue weighted by atomic mass is 19.3. The molecule has 172 valence electrons. The van der Waals surface area contributed by atoms with E-state index in [-0.39, 0.29) is 17.1 Å². The Kier molecular flexibility index (Phi) is 5.07. The van der Waals surface area contributed by atoms with Crippen LogP contribution in [0.5, 0.6) is 0 Å². The molecule has 0 radical (unpaired) electrons. The summed E-state index contributed by atoms with van der Waals surface area (Å²) in [5.74, 6) is -4.19. The average Bonchev–Trinajstić information content (AvgIpc) is 3.40. The van der Waals surface area contributed by atoms with Gasteiger partial charge in [0.25, 0.3) is 5.92 Å². The standard InChI is InChI=1S/C24H18F4N6/c1-24(27,28)22(14-5-7-17(25)8-6-14)34-13-16(12-30-34)19-4-2-3-18(21(19)26)15-9-10-33-20(11-15)31-23(29)32-33/h2-13,22H,1H3,(H2,29,32)/t22-/m1/s1. The quantitative estimate of drug-likeness (QED) is 0.354. The van der Waals surface area contributed by atoms with E-state index < -0.39 is 23.6 Å². The van der Waals surface area contributed by atoms with E-state index in [9.17, 15) is 13.2 Å². The lowest BCUT2D eigenvalue weighted by atomic mass is 10.00. The van der Waals surface area contributed by atoms with Crippen LogP contribution in [-0.4, -0.2) is 30.3 Å². The van der Waals surface area contributed by atoms with Gasteiger partial charge < -0.3 is 5.73 Å². The minimum Gasteiger partial charge on any atom is -0.366 e. The number of fused-ring (bicyclic) bond motifs is 1. The zero-order chi connectivity index (χ0) is 24.0. The Balaban J connectivity index is 1.55. The summed E-state index contributed by atoms with van der Waals surface area (Å²) in [5.41, 5.74) is 7.62. The van der Waals surface area contributed by atoms with Crippen LogP contribution in [0.25, 0.3) is 27.9 Å². The molecule has 2 N–H and O–H groups in total. The maximum atomic E-state index is 15.6. The fourth-order valence-electron chi connectivity index (χ4n) is 3.99.